The third-order valence-corrected chi connectivity index (χ3v) is 3.65. The molecule has 2 rings (SSSR count). The topological polar surface area (TPSA) is 151 Å². The SMILES string of the molecule is C[Si](C)(C)C#Cc1ncc(C#N)c(N)n1.N#Cc1cnc(Br)nc1N. The second-order valence-corrected chi connectivity index (χ2v) is 11.1. The molecular formula is C15H15BrN8Si. The molecule has 0 aliphatic heterocycles. The van der Waals surface area contributed by atoms with E-state index in [1.807, 2.05) is 12.1 Å². The highest BCUT2D eigenvalue weighted by molar-refractivity contribution is 9.10. The van der Waals surface area contributed by atoms with Gasteiger partial charge < -0.3 is 11.5 Å². The smallest absolute Gasteiger partial charge is 0.206 e. The fourth-order valence-corrected chi connectivity index (χ4v) is 2.02. The van der Waals surface area contributed by atoms with Crippen LogP contribution in [0.4, 0.5) is 11.6 Å². The summed E-state index contributed by atoms with van der Waals surface area (Å²) in [4.78, 5) is 15.3. The zero-order valence-electron chi connectivity index (χ0n) is 13.9. The van der Waals surface area contributed by atoms with Gasteiger partial charge in [0.1, 0.15) is 43.0 Å². The lowest BCUT2D eigenvalue weighted by molar-refractivity contribution is 1.11. The van der Waals surface area contributed by atoms with Gasteiger partial charge in [0.25, 0.3) is 0 Å². The molecule has 2 heterocycles. The van der Waals surface area contributed by atoms with Crippen LogP contribution >= 0.6 is 15.9 Å². The highest BCUT2D eigenvalue weighted by Gasteiger charge is 2.08. The van der Waals surface area contributed by atoms with Gasteiger partial charge in [0.2, 0.25) is 5.82 Å². The lowest BCUT2D eigenvalue weighted by Gasteiger charge is -2.03. The van der Waals surface area contributed by atoms with E-state index in [1.54, 1.807) is 0 Å². The first kappa shape index (κ1) is 20.0. The monoisotopic (exact) mass is 414 g/mol. The van der Waals surface area contributed by atoms with Gasteiger partial charge in [-0.05, 0) is 21.9 Å². The Hall–Kier alpha value is -3.00. The van der Waals surface area contributed by atoms with E-state index in [9.17, 15) is 0 Å². The molecule has 0 saturated carbocycles. The van der Waals surface area contributed by atoms with Gasteiger partial charge in [-0.3, -0.25) is 0 Å². The van der Waals surface area contributed by atoms with Gasteiger partial charge >= 0.3 is 0 Å². The molecule has 0 bridgehead atoms. The highest BCUT2D eigenvalue weighted by atomic mass is 79.9. The summed E-state index contributed by atoms with van der Waals surface area (Å²) >= 11 is 3.01. The van der Waals surface area contributed by atoms with Gasteiger partial charge in [0.05, 0.1) is 12.4 Å². The number of hydrogen-bond donors (Lipinski definition) is 2. The van der Waals surface area contributed by atoms with Crippen molar-refractivity contribution in [3.8, 4) is 23.6 Å². The minimum absolute atomic E-state index is 0.187. The Morgan fingerprint density at radius 1 is 0.960 bits per heavy atom. The minimum atomic E-state index is -1.43. The largest absolute Gasteiger partial charge is 0.382 e. The lowest BCUT2D eigenvalue weighted by atomic mass is 10.3. The molecule has 0 saturated heterocycles. The summed E-state index contributed by atoms with van der Waals surface area (Å²) in [5, 5.41) is 17.0. The number of nitrogens with zero attached hydrogens (tertiary/aromatic N) is 6. The molecule has 0 radical (unpaired) electrons. The van der Waals surface area contributed by atoms with E-state index < -0.39 is 8.07 Å². The van der Waals surface area contributed by atoms with E-state index in [2.05, 4.69) is 67.0 Å². The van der Waals surface area contributed by atoms with Gasteiger partial charge in [-0.1, -0.05) is 19.6 Å². The van der Waals surface area contributed by atoms with Crippen LogP contribution < -0.4 is 11.5 Å². The fraction of sp³-hybridized carbons (Fsp3) is 0.200. The number of nitrogens with two attached hydrogens (primary N) is 2. The number of hydrogen-bond acceptors (Lipinski definition) is 8. The zero-order valence-corrected chi connectivity index (χ0v) is 16.5. The Morgan fingerprint density at radius 3 is 1.92 bits per heavy atom. The molecule has 0 fully saturated rings. The second kappa shape index (κ2) is 8.74. The van der Waals surface area contributed by atoms with E-state index in [1.165, 1.54) is 12.4 Å². The average molecular weight is 415 g/mol. The Labute approximate surface area is 155 Å². The van der Waals surface area contributed by atoms with Crippen molar-refractivity contribution in [1.82, 2.24) is 19.9 Å². The molecule has 25 heavy (non-hydrogen) atoms. The maximum atomic E-state index is 8.63. The molecule has 0 unspecified atom stereocenters. The molecule has 2 aromatic rings. The lowest BCUT2D eigenvalue weighted by Crippen LogP contribution is -2.16. The van der Waals surface area contributed by atoms with Crippen LogP contribution in [0.3, 0.4) is 0 Å². The van der Waals surface area contributed by atoms with Crippen LogP contribution in [-0.4, -0.2) is 28.0 Å². The van der Waals surface area contributed by atoms with Crippen molar-refractivity contribution >= 4 is 35.6 Å². The maximum absolute atomic E-state index is 8.63. The molecule has 0 amide bonds. The molecule has 4 N–H and O–H groups in total. The molecule has 10 heteroatoms. The second-order valence-electron chi connectivity index (χ2n) is 5.65. The summed E-state index contributed by atoms with van der Waals surface area (Å²) in [6.45, 7) is 6.40. The third-order valence-electron chi connectivity index (χ3n) is 2.40. The summed E-state index contributed by atoms with van der Waals surface area (Å²) in [6, 6.07) is 3.76. The van der Waals surface area contributed by atoms with Gasteiger partial charge in [0, 0.05) is 0 Å². The van der Waals surface area contributed by atoms with Crippen LogP contribution in [0.5, 0.6) is 0 Å². The van der Waals surface area contributed by atoms with Crippen molar-refractivity contribution in [2.24, 2.45) is 0 Å². The summed E-state index contributed by atoms with van der Waals surface area (Å²) < 4.78 is 0.393. The third kappa shape index (κ3) is 6.96. The van der Waals surface area contributed by atoms with Crippen LogP contribution in [0.15, 0.2) is 17.1 Å². The number of halogens is 1. The van der Waals surface area contributed by atoms with Crippen molar-refractivity contribution in [1.29, 1.82) is 10.5 Å². The van der Waals surface area contributed by atoms with Crippen LogP contribution in [0.2, 0.25) is 19.6 Å². The maximum Gasteiger partial charge on any atom is 0.206 e. The number of aromatic nitrogens is 4. The predicted molar refractivity (Wildman–Crippen MR) is 100 cm³/mol. The Bertz CT molecular complexity index is 912. The van der Waals surface area contributed by atoms with E-state index in [0.29, 0.717) is 16.1 Å². The number of rotatable bonds is 0. The Kier molecular flexibility index (Phi) is 7.01. The first-order valence-corrected chi connectivity index (χ1v) is 11.2. The first-order valence-electron chi connectivity index (χ1n) is 6.90. The van der Waals surface area contributed by atoms with E-state index in [4.69, 9.17) is 22.0 Å². The zero-order chi connectivity index (χ0) is 19.0. The van der Waals surface area contributed by atoms with E-state index in [0.717, 1.165) is 0 Å². The first-order chi connectivity index (χ1) is 11.7. The van der Waals surface area contributed by atoms with Gasteiger partial charge in [-0.15, -0.1) is 5.54 Å². The van der Waals surface area contributed by atoms with Crippen molar-refractivity contribution < 1.29 is 0 Å². The molecule has 126 valence electrons. The van der Waals surface area contributed by atoms with Gasteiger partial charge in [-0.25, -0.2) is 19.9 Å². The quantitative estimate of drug-likeness (QED) is 0.376. The summed E-state index contributed by atoms with van der Waals surface area (Å²) in [7, 11) is -1.43. The van der Waals surface area contributed by atoms with E-state index in [-0.39, 0.29) is 17.2 Å². The van der Waals surface area contributed by atoms with Crippen molar-refractivity contribution in [2.75, 3.05) is 11.5 Å². The van der Waals surface area contributed by atoms with Crippen molar-refractivity contribution in [3.63, 3.8) is 0 Å². The summed E-state index contributed by atoms with van der Waals surface area (Å²) in [6.07, 6.45) is 2.77. The van der Waals surface area contributed by atoms with Crippen molar-refractivity contribution in [2.45, 2.75) is 19.6 Å². The molecule has 0 aliphatic carbocycles. The molecule has 0 aliphatic rings. The highest BCUT2D eigenvalue weighted by Crippen LogP contribution is 2.08. The fourth-order valence-electron chi connectivity index (χ4n) is 1.24. The average Bonchev–Trinajstić information content (AvgIpc) is 2.53. The molecular weight excluding hydrogens is 400 g/mol. The van der Waals surface area contributed by atoms with Gasteiger partial charge in [0.15, 0.2) is 4.73 Å². The predicted octanol–water partition coefficient (Wildman–Crippen LogP) is 1.85. The number of nitrogen functional groups attached to an aromatic ring is 2. The minimum Gasteiger partial charge on any atom is -0.382 e. The van der Waals surface area contributed by atoms with Crippen molar-refractivity contribution in [3.05, 3.63) is 34.1 Å². The van der Waals surface area contributed by atoms with Crippen LogP contribution in [0, 0.1) is 34.1 Å². The normalized spacial score (nSPS) is 9.52. The molecule has 0 atom stereocenters. The standard InChI is InChI=1S/C10H12N4Si.C5H3BrN4/c1-15(2,3)5-4-9-13-7-8(6-11)10(12)14-9;6-5-9-2-3(1-7)4(8)10-5/h7H,1-3H3,(H2,12,13,14);2H,(H2,8,9,10). The van der Waals surface area contributed by atoms with Gasteiger partial charge in [-0.2, -0.15) is 10.5 Å². The number of nitriles is 2. The van der Waals surface area contributed by atoms with Crippen LogP contribution in [-0.2, 0) is 0 Å². The summed E-state index contributed by atoms with van der Waals surface area (Å²) in [5.74, 6) is 3.65. The van der Waals surface area contributed by atoms with E-state index >= 15 is 0 Å². The van der Waals surface area contributed by atoms with Crippen LogP contribution in [0.1, 0.15) is 17.0 Å². The van der Waals surface area contributed by atoms with Crippen LogP contribution in [0.25, 0.3) is 0 Å². The Morgan fingerprint density at radius 2 is 1.48 bits per heavy atom. The molecule has 8 nitrogen and oxygen atoms in total. The Balaban J connectivity index is 0.000000271. The molecule has 2 aromatic heterocycles. The molecule has 0 spiro atoms. The molecule has 0 aromatic carbocycles. The summed E-state index contributed by atoms with van der Waals surface area (Å²) in [5.41, 5.74) is 14.6. The number of anilines is 2.